The van der Waals surface area contributed by atoms with E-state index in [1.54, 1.807) is 0 Å². The van der Waals surface area contributed by atoms with E-state index < -0.39 is 0 Å². The summed E-state index contributed by atoms with van der Waals surface area (Å²) in [5.74, 6) is 0. The predicted molar refractivity (Wildman–Crippen MR) is 62.2 cm³/mol. The lowest BCUT2D eigenvalue weighted by atomic mass is 10.1. The minimum absolute atomic E-state index is 0.767. The Morgan fingerprint density at radius 1 is 1.08 bits per heavy atom. The van der Waals surface area contributed by atoms with E-state index in [0.29, 0.717) is 0 Å². The average Bonchev–Trinajstić information content (AvgIpc) is 2.17. The number of nitrogens with two attached hydrogens (primary N) is 1. The van der Waals surface area contributed by atoms with Crippen LogP contribution in [0.15, 0.2) is 36.4 Å². The lowest BCUT2D eigenvalue weighted by Gasteiger charge is -2.05. The van der Waals surface area contributed by atoms with Crippen molar-refractivity contribution in [2.24, 2.45) is 0 Å². The molecule has 2 aromatic carbocycles. The van der Waals surface area contributed by atoms with Crippen LogP contribution in [0.1, 0.15) is 0 Å². The molecular formula is C11H12NP. The van der Waals surface area contributed by atoms with Gasteiger partial charge in [-0.25, -0.2) is 0 Å². The highest BCUT2D eigenvalue weighted by molar-refractivity contribution is 7.46. The van der Waals surface area contributed by atoms with Gasteiger partial charge in [0, 0.05) is 5.69 Å². The van der Waals surface area contributed by atoms with Crippen LogP contribution in [-0.2, 0) is 0 Å². The van der Waals surface area contributed by atoms with Crippen LogP contribution in [0.4, 0.5) is 5.69 Å². The van der Waals surface area contributed by atoms with Gasteiger partial charge in [0.05, 0.1) is 0 Å². The summed E-state index contributed by atoms with van der Waals surface area (Å²) in [6.07, 6.45) is 0. The maximum absolute atomic E-state index is 5.90. The van der Waals surface area contributed by atoms with Gasteiger partial charge in [-0.1, -0.05) is 32.8 Å². The molecule has 0 heterocycles. The van der Waals surface area contributed by atoms with Gasteiger partial charge in [0.2, 0.25) is 0 Å². The van der Waals surface area contributed by atoms with Crippen molar-refractivity contribution in [1.29, 1.82) is 0 Å². The second kappa shape index (κ2) is 3.35. The van der Waals surface area contributed by atoms with Crippen LogP contribution < -0.4 is 11.0 Å². The molecule has 0 amide bonds. The summed E-state index contributed by atoms with van der Waals surface area (Å²) < 4.78 is 0. The Morgan fingerprint density at radius 2 is 1.69 bits per heavy atom. The van der Waals surface area contributed by atoms with Crippen molar-refractivity contribution in [1.82, 2.24) is 0 Å². The fourth-order valence-corrected chi connectivity index (χ4v) is 2.14. The molecule has 0 aliphatic heterocycles. The molecule has 0 bridgehead atoms. The van der Waals surface area contributed by atoms with Gasteiger partial charge in [0.15, 0.2) is 0 Å². The lowest BCUT2D eigenvalue weighted by Crippen LogP contribution is -2.02. The maximum atomic E-state index is 5.90. The number of benzene rings is 2. The fourth-order valence-electron chi connectivity index (χ4n) is 1.47. The summed E-state index contributed by atoms with van der Waals surface area (Å²) in [5.41, 5.74) is 6.82. The van der Waals surface area contributed by atoms with Gasteiger partial charge in [-0.2, -0.15) is 0 Å². The minimum atomic E-state index is 0.767. The van der Waals surface area contributed by atoms with Crippen LogP contribution in [-0.4, -0.2) is 6.66 Å². The Labute approximate surface area is 79.7 Å². The number of hydrogen-bond donors (Lipinski definition) is 1. The molecule has 0 fully saturated rings. The fraction of sp³-hybridized carbons (Fsp3) is 0.0909. The van der Waals surface area contributed by atoms with Crippen LogP contribution in [0.5, 0.6) is 0 Å². The predicted octanol–water partition coefficient (Wildman–Crippen LogP) is 2.36. The highest BCUT2D eigenvalue weighted by atomic mass is 31.1. The first-order valence-electron chi connectivity index (χ1n) is 4.27. The molecule has 66 valence electrons. The quantitative estimate of drug-likeness (QED) is 0.541. The maximum Gasteiger partial charge on any atom is 0.0395 e. The first-order chi connectivity index (χ1) is 6.31. The topological polar surface area (TPSA) is 26.0 Å². The summed E-state index contributed by atoms with van der Waals surface area (Å²) in [6.45, 7) is 2.15. The van der Waals surface area contributed by atoms with Gasteiger partial charge >= 0.3 is 0 Å². The summed E-state index contributed by atoms with van der Waals surface area (Å²) in [5, 5.41) is 3.77. The molecule has 13 heavy (non-hydrogen) atoms. The van der Waals surface area contributed by atoms with E-state index in [1.807, 2.05) is 6.07 Å². The van der Waals surface area contributed by atoms with Crippen LogP contribution in [0.2, 0.25) is 0 Å². The van der Waals surface area contributed by atoms with Gasteiger partial charge in [-0.15, -0.1) is 0 Å². The highest BCUT2D eigenvalue weighted by Crippen LogP contribution is 2.19. The first kappa shape index (κ1) is 8.52. The third kappa shape index (κ3) is 1.52. The molecule has 0 aliphatic rings. The molecule has 0 spiro atoms. The Kier molecular flexibility index (Phi) is 2.20. The lowest BCUT2D eigenvalue weighted by molar-refractivity contribution is 1.76. The normalized spacial score (nSPS) is 11.5. The third-order valence-corrected chi connectivity index (χ3v) is 3.16. The number of hydrogen-bond acceptors (Lipinski definition) is 1. The van der Waals surface area contributed by atoms with Gasteiger partial charge < -0.3 is 5.73 Å². The van der Waals surface area contributed by atoms with Crippen LogP contribution >= 0.6 is 8.58 Å². The second-order valence-corrected chi connectivity index (χ2v) is 4.08. The average molecular weight is 189 g/mol. The van der Waals surface area contributed by atoms with Crippen molar-refractivity contribution in [3.8, 4) is 0 Å². The molecule has 2 aromatic rings. The molecule has 0 saturated heterocycles. The van der Waals surface area contributed by atoms with Crippen LogP contribution in [0.25, 0.3) is 10.8 Å². The Hall–Kier alpha value is -1.07. The molecule has 0 aliphatic carbocycles. The highest BCUT2D eigenvalue weighted by Gasteiger charge is 1.98. The molecule has 1 atom stereocenters. The zero-order valence-electron chi connectivity index (χ0n) is 7.54. The van der Waals surface area contributed by atoms with Crippen molar-refractivity contribution in [3.63, 3.8) is 0 Å². The SMILES string of the molecule is CPc1cc2ccccc2cc1N. The van der Waals surface area contributed by atoms with Crippen molar-refractivity contribution < 1.29 is 0 Å². The molecule has 0 saturated carbocycles. The Bertz CT molecular complexity index is 437. The first-order valence-corrected chi connectivity index (χ1v) is 5.77. The number of nitrogen functional groups attached to an aromatic ring is 1. The van der Waals surface area contributed by atoms with E-state index in [4.69, 9.17) is 5.73 Å². The summed E-state index contributed by atoms with van der Waals surface area (Å²) in [6, 6.07) is 12.5. The zero-order chi connectivity index (χ0) is 9.26. The molecule has 2 rings (SSSR count). The standard InChI is InChI=1S/C11H12NP/c1-13-11-7-9-5-3-2-4-8(9)6-10(11)12/h2-7,13H,12H2,1H3. The molecule has 1 unspecified atom stereocenters. The Balaban J connectivity index is 2.74. The van der Waals surface area contributed by atoms with Gasteiger partial charge in [0.1, 0.15) is 0 Å². The van der Waals surface area contributed by atoms with Gasteiger partial charge in [0.25, 0.3) is 0 Å². The number of fused-ring (bicyclic) bond motifs is 1. The summed E-state index contributed by atoms with van der Waals surface area (Å²) in [4.78, 5) is 0. The van der Waals surface area contributed by atoms with Crippen LogP contribution in [0, 0.1) is 0 Å². The van der Waals surface area contributed by atoms with Gasteiger partial charge in [-0.3, -0.25) is 0 Å². The van der Waals surface area contributed by atoms with Crippen molar-refractivity contribution >= 4 is 30.3 Å². The van der Waals surface area contributed by atoms with E-state index in [2.05, 4.69) is 37.0 Å². The van der Waals surface area contributed by atoms with E-state index in [-0.39, 0.29) is 0 Å². The molecule has 1 nitrogen and oxygen atoms in total. The zero-order valence-corrected chi connectivity index (χ0v) is 8.54. The van der Waals surface area contributed by atoms with E-state index in [0.717, 1.165) is 14.3 Å². The van der Waals surface area contributed by atoms with E-state index in [9.17, 15) is 0 Å². The smallest absolute Gasteiger partial charge is 0.0395 e. The molecular weight excluding hydrogens is 177 g/mol. The summed E-state index contributed by atoms with van der Waals surface area (Å²) in [7, 11) is 0.767. The molecule has 0 radical (unpaired) electrons. The number of anilines is 1. The minimum Gasteiger partial charge on any atom is -0.398 e. The van der Waals surface area contributed by atoms with Gasteiger partial charge in [-0.05, 0) is 34.9 Å². The second-order valence-electron chi connectivity index (χ2n) is 3.04. The van der Waals surface area contributed by atoms with Crippen molar-refractivity contribution in [2.75, 3.05) is 12.4 Å². The van der Waals surface area contributed by atoms with E-state index >= 15 is 0 Å². The monoisotopic (exact) mass is 189 g/mol. The Morgan fingerprint density at radius 3 is 2.31 bits per heavy atom. The number of rotatable bonds is 1. The van der Waals surface area contributed by atoms with Crippen molar-refractivity contribution in [2.45, 2.75) is 0 Å². The largest absolute Gasteiger partial charge is 0.398 e. The van der Waals surface area contributed by atoms with E-state index in [1.165, 1.54) is 16.1 Å². The van der Waals surface area contributed by atoms with Crippen molar-refractivity contribution in [3.05, 3.63) is 36.4 Å². The third-order valence-electron chi connectivity index (χ3n) is 2.19. The molecule has 2 heteroatoms. The molecule has 0 aromatic heterocycles. The van der Waals surface area contributed by atoms with Crippen LogP contribution in [0.3, 0.4) is 0 Å². The molecule has 2 N–H and O–H groups in total. The summed E-state index contributed by atoms with van der Waals surface area (Å²) >= 11 is 0.